The van der Waals surface area contributed by atoms with Crippen molar-refractivity contribution in [3.63, 3.8) is 0 Å². The zero-order valence-corrected chi connectivity index (χ0v) is 12.7. The second kappa shape index (κ2) is 5.62. The molecule has 0 bridgehead atoms. The Morgan fingerprint density at radius 3 is 2.19 bits per heavy atom. The molecular weight excluding hydrogens is 216 g/mol. The average molecular weight is 244 g/mol. The van der Waals surface area contributed by atoms with Crippen molar-refractivity contribution in [3.8, 4) is 0 Å². The molecule has 1 unspecified atom stereocenters. The van der Waals surface area contributed by atoms with Crippen molar-refractivity contribution in [2.75, 3.05) is 26.7 Å². The molecule has 0 spiro atoms. The summed E-state index contributed by atoms with van der Waals surface area (Å²) in [5.41, 5.74) is 1.27. The van der Waals surface area contributed by atoms with Crippen molar-refractivity contribution in [1.29, 1.82) is 0 Å². The van der Waals surface area contributed by atoms with Crippen LogP contribution in [0.15, 0.2) is 0 Å². The van der Waals surface area contributed by atoms with Gasteiger partial charge in [-0.05, 0) is 18.0 Å². The summed E-state index contributed by atoms with van der Waals surface area (Å²) >= 11 is 0. The third kappa shape index (κ3) is 2.35. The Balaban J connectivity index is 2.98. The van der Waals surface area contributed by atoms with E-state index in [1.165, 1.54) is 0 Å². The molecule has 1 N–H and O–H groups in total. The minimum Gasteiger partial charge on any atom is -0.406 e. The normalized spacial score (nSPS) is 24.4. The summed E-state index contributed by atoms with van der Waals surface area (Å²) in [5, 5.41) is 3.46. The summed E-state index contributed by atoms with van der Waals surface area (Å²) in [6.07, 6.45) is 0. The fourth-order valence-corrected chi connectivity index (χ4v) is 8.36. The molecule has 16 heavy (non-hydrogen) atoms. The van der Waals surface area contributed by atoms with E-state index in [0.29, 0.717) is 17.1 Å². The first-order valence-corrected chi connectivity index (χ1v) is 8.50. The van der Waals surface area contributed by atoms with Gasteiger partial charge in [0.1, 0.15) is 0 Å². The Labute approximate surface area is 102 Å². The van der Waals surface area contributed by atoms with Crippen molar-refractivity contribution >= 4 is 8.48 Å². The van der Waals surface area contributed by atoms with Crippen LogP contribution in [0.25, 0.3) is 0 Å². The van der Waals surface area contributed by atoms with Crippen LogP contribution in [0.2, 0.25) is 11.1 Å². The number of piperazine rings is 1. The predicted molar refractivity (Wildman–Crippen MR) is 72.0 cm³/mol. The molecule has 0 aliphatic carbocycles. The minimum absolute atomic E-state index is 0.602. The number of hydrogen-bond donors (Lipinski definition) is 1. The van der Waals surface area contributed by atoms with Crippen LogP contribution >= 0.6 is 0 Å². The van der Waals surface area contributed by atoms with Gasteiger partial charge in [0.15, 0.2) is 0 Å². The molecule has 96 valence electrons. The summed E-state index contributed by atoms with van der Waals surface area (Å²) in [4.78, 5) is 0. The SMILES string of the molecule is CO[Si](C(C)C)(C(C)C)N1CCNCC1C. The Morgan fingerprint density at radius 1 is 1.25 bits per heavy atom. The maximum Gasteiger partial charge on any atom is 0.276 e. The van der Waals surface area contributed by atoms with E-state index >= 15 is 0 Å². The predicted octanol–water partition coefficient (Wildman–Crippen LogP) is 2.19. The number of nitrogens with zero attached hydrogens (tertiary/aromatic N) is 1. The van der Waals surface area contributed by atoms with Gasteiger partial charge in [-0.3, -0.25) is 4.57 Å². The van der Waals surface area contributed by atoms with E-state index < -0.39 is 8.48 Å². The van der Waals surface area contributed by atoms with Gasteiger partial charge in [0.05, 0.1) is 0 Å². The van der Waals surface area contributed by atoms with E-state index in [1.807, 2.05) is 7.11 Å². The zero-order chi connectivity index (χ0) is 12.3. The van der Waals surface area contributed by atoms with Crippen LogP contribution in [0.5, 0.6) is 0 Å². The van der Waals surface area contributed by atoms with Gasteiger partial charge in [0.25, 0.3) is 8.48 Å². The van der Waals surface area contributed by atoms with Gasteiger partial charge < -0.3 is 9.74 Å². The molecule has 3 nitrogen and oxygen atoms in total. The molecule has 1 saturated heterocycles. The summed E-state index contributed by atoms with van der Waals surface area (Å²) in [6, 6.07) is 0.602. The highest BCUT2D eigenvalue weighted by Gasteiger charge is 2.49. The van der Waals surface area contributed by atoms with E-state index in [9.17, 15) is 0 Å². The number of nitrogens with one attached hydrogen (secondary N) is 1. The molecule has 0 saturated carbocycles. The molecule has 1 aliphatic heterocycles. The van der Waals surface area contributed by atoms with Crippen molar-refractivity contribution in [2.45, 2.75) is 51.7 Å². The summed E-state index contributed by atoms with van der Waals surface area (Å²) in [5.74, 6) is 0. The van der Waals surface area contributed by atoms with Gasteiger partial charge in [-0.1, -0.05) is 27.7 Å². The van der Waals surface area contributed by atoms with Crippen molar-refractivity contribution in [3.05, 3.63) is 0 Å². The van der Waals surface area contributed by atoms with Gasteiger partial charge in [-0.25, -0.2) is 0 Å². The molecule has 0 aromatic rings. The Morgan fingerprint density at radius 2 is 1.81 bits per heavy atom. The van der Waals surface area contributed by atoms with Gasteiger partial charge in [0.2, 0.25) is 0 Å². The second-order valence-corrected chi connectivity index (χ2v) is 10.3. The first-order valence-electron chi connectivity index (χ1n) is 6.49. The third-order valence-electron chi connectivity index (χ3n) is 3.93. The van der Waals surface area contributed by atoms with Crippen LogP contribution in [-0.4, -0.2) is 45.8 Å². The van der Waals surface area contributed by atoms with E-state index in [1.54, 1.807) is 0 Å². The molecule has 1 rings (SSSR count). The van der Waals surface area contributed by atoms with Crippen molar-refractivity contribution in [2.24, 2.45) is 0 Å². The van der Waals surface area contributed by atoms with E-state index in [4.69, 9.17) is 4.43 Å². The Hall–Kier alpha value is 0.0969. The first kappa shape index (κ1) is 14.2. The van der Waals surface area contributed by atoms with Crippen LogP contribution in [0.1, 0.15) is 34.6 Å². The lowest BCUT2D eigenvalue weighted by molar-refractivity contribution is 0.198. The second-order valence-electron chi connectivity index (χ2n) is 5.51. The zero-order valence-electron chi connectivity index (χ0n) is 11.7. The topological polar surface area (TPSA) is 24.5 Å². The van der Waals surface area contributed by atoms with Gasteiger partial charge in [-0.2, -0.15) is 0 Å². The van der Waals surface area contributed by atoms with Crippen LogP contribution in [0.4, 0.5) is 0 Å². The lowest BCUT2D eigenvalue weighted by Crippen LogP contribution is -2.67. The molecule has 1 heterocycles. The van der Waals surface area contributed by atoms with Gasteiger partial charge >= 0.3 is 0 Å². The summed E-state index contributed by atoms with van der Waals surface area (Å²) < 4.78 is 8.79. The lowest BCUT2D eigenvalue weighted by Gasteiger charge is -2.50. The number of hydrogen-bond acceptors (Lipinski definition) is 3. The fourth-order valence-electron chi connectivity index (χ4n) is 3.28. The van der Waals surface area contributed by atoms with Crippen molar-refractivity contribution < 1.29 is 4.43 Å². The van der Waals surface area contributed by atoms with Crippen LogP contribution in [-0.2, 0) is 4.43 Å². The molecule has 1 atom stereocenters. The lowest BCUT2D eigenvalue weighted by atomic mass is 10.3. The van der Waals surface area contributed by atoms with Gasteiger partial charge in [-0.15, -0.1) is 0 Å². The fraction of sp³-hybridized carbons (Fsp3) is 1.00. The van der Waals surface area contributed by atoms with E-state index in [2.05, 4.69) is 44.5 Å². The summed E-state index contributed by atoms with van der Waals surface area (Å²) in [7, 11) is 0.125. The molecule has 0 aromatic carbocycles. The minimum atomic E-state index is -1.79. The quantitative estimate of drug-likeness (QED) is 0.767. The Bertz CT molecular complexity index is 213. The molecule has 0 amide bonds. The maximum absolute atomic E-state index is 6.11. The number of rotatable bonds is 4. The highest BCUT2D eigenvalue weighted by molar-refractivity contribution is 6.73. The monoisotopic (exact) mass is 244 g/mol. The van der Waals surface area contributed by atoms with Crippen molar-refractivity contribution in [1.82, 2.24) is 9.88 Å². The van der Waals surface area contributed by atoms with Crippen LogP contribution < -0.4 is 5.32 Å². The Kier molecular flexibility index (Phi) is 4.98. The highest BCUT2D eigenvalue weighted by Crippen LogP contribution is 2.37. The average Bonchev–Trinajstić information content (AvgIpc) is 2.21. The molecule has 4 heteroatoms. The smallest absolute Gasteiger partial charge is 0.276 e. The third-order valence-corrected chi connectivity index (χ3v) is 9.46. The largest absolute Gasteiger partial charge is 0.406 e. The molecule has 1 aliphatic rings. The molecule has 0 radical (unpaired) electrons. The van der Waals surface area contributed by atoms with E-state index in [0.717, 1.165) is 19.6 Å². The van der Waals surface area contributed by atoms with Gasteiger partial charge in [0, 0.05) is 32.8 Å². The highest BCUT2D eigenvalue weighted by atomic mass is 28.4. The van der Waals surface area contributed by atoms with Crippen LogP contribution in [0, 0.1) is 0 Å². The van der Waals surface area contributed by atoms with E-state index in [-0.39, 0.29) is 0 Å². The summed E-state index contributed by atoms with van der Waals surface area (Å²) in [6.45, 7) is 14.9. The molecule has 0 aromatic heterocycles. The van der Waals surface area contributed by atoms with Crippen LogP contribution in [0.3, 0.4) is 0 Å². The standard InChI is InChI=1S/C12H28N2OSi/c1-10(2)16(15-6,11(3)4)14-8-7-13-9-12(14)5/h10-13H,7-9H2,1-6H3. The molecule has 1 fully saturated rings. The maximum atomic E-state index is 6.11. The first-order chi connectivity index (χ1) is 7.46. The molecular formula is C12H28N2OSi.